The summed E-state index contributed by atoms with van der Waals surface area (Å²) in [5.41, 5.74) is -2.31. The fourth-order valence-electron chi connectivity index (χ4n) is 5.74. The summed E-state index contributed by atoms with van der Waals surface area (Å²) < 4.78 is 118. The van der Waals surface area contributed by atoms with Gasteiger partial charge in [0.25, 0.3) is 0 Å². The van der Waals surface area contributed by atoms with Crippen molar-refractivity contribution in [2.75, 3.05) is 0 Å². The second-order valence-corrected chi connectivity index (χ2v) is 19.2. The molecule has 0 saturated heterocycles. The molecule has 5 aromatic rings. The Bertz CT molecular complexity index is 2850. The first-order chi connectivity index (χ1) is 30.3. The lowest BCUT2D eigenvalue weighted by molar-refractivity contribution is -0.136. The van der Waals surface area contributed by atoms with Crippen molar-refractivity contribution in [3.05, 3.63) is 139 Å². The SMILES string of the molecule is C#CCC.CC/C=C(C)/C(F)=C(C(/C#N)=C/c1ccc(-c2ccc(-c3sc(-c4ccc(-c5ccc(/C=C(C#N)/C(C(F)=C(C)C)=C(\F)CC)s5)s4)cc3C(F)(F)F)s2)s1)\C(F)=C(/C)F. The Morgan fingerprint density at radius 1 is 0.625 bits per heavy atom. The normalized spacial score (nSPS) is 13.5. The predicted octanol–water partition coefficient (Wildman–Crippen LogP) is 19.2. The Hall–Kier alpha value is -5.34. The van der Waals surface area contributed by atoms with Gasteiger partial charge in [-0.2, -0.15) is 23.7 Å². The van der Waals surface area contributed by atoms with Crippen molar-refractivity contribution in [2.24, 2.45) is 0 Å². The van der Waals surface area contributed by atoms with Crippen LogP contribution in [0, 0.1) is 35.0 Å². The zero-order chi connectivity index (χ0) is 47.5. The molecule has 5 heterocycles. The van der Waals surface area contributed by atoms with Gasteiger partial charge in [-0.1, -0.05) is 26.8 Å². The van der Waals surface area contributed by atoms with E-state index in [-0.39, 0.29) is 33.6 Å². The van der Waals surface area contributed by atoms with Crippen LogP contribution >= 0.6 is 56.7 Å². The molecule has 0 spiro atoms. The van der Waals surface area contributed by atoms with Crippen LogP contribution in [-0.2, 0) is 6.18 Å². The highest BCUT2D eigenvalue weighted by atomic mass is 32.1. The van der Waals surface area contributed by atoms with Gasteiger partial charge in [-0.25, -0.2) is 22.0 Å². The maximum Gasteiger partial charge on any atom is 0.417 e. The standard InChI is InChI=1S/C45H34F8N2S5.C4H6/c1-7-9-24(5)42(49)40(43(50)25(6)46)27(22-55)19-29-11-13-33(57-29)35-16-17-37(59-35)44-30(45(51,52)53)20-38(60-44)36-15-14-34(58-36)32-12-10-28(56-32)18-26(21-54)39(31(47)8-2)41(48)23(3)4;1-3-4-2/h9-20H,7-8H2,1-6H3;1H,4H2,2H3/b24-9+,26-18+,27-19+,39-31+,42-40+,43-25-;. The molecule has 5 rings (SSSR count). The van der Waals surface area contributed by atoms with Gasteiger partial charge in [0.2, 0.25) is 0 Å². The first-order valence-corrected chi connectivity index (χ1v) is 23.5. The molecule has 0 fully saturated rings. The fourth-order valence-corrected chi connectivity index (χ4v) is 11.2. The summed E-state index contributed by atoms with van der Waals surface area (Å²) in [5.74, 6) is -2.97. The number of thiophene rings is 5. The van der Waals surface area contributed by atoms with Crippen LogP contribution in [0.15, 0.2) is 123 Å². The number of terminal acetylenes is 1. The highest BCUT2D eigenvalue weighted by Gasteiger charge is 2.36. The molecular weight excluding hydrogens is 929 g/mol. The topological polar surface area (TPSA) is 47.6 Å². The van der Waals surface area contributed by atoms with E-state index in [4.69, 9.17) is 6.42 Å². The average Bonchev–Trinajstić information content (AvgIpc) is 4.12. The molecule has 15 heteroatoms. The number of hydrogen-bond donors (Lipinski definition) is 0. The predicted molar refractivity (Wildman–Crippen MR) is 254 cm³/mol. The number of alkyl halides is 3. The molecule has 0 saturated carbocycles. The molecule has 0 amide bonds. The van der Waals surface area contributed by atoms with Gasteiger partial charge in [0.1, 0.15) is 35.4 Å². The van der Waals surface area contributed by atoms with E-state index >= 15 is 4.39 Å². The third-order valence-electron chi connectivity index (χ3n) is 8.85. The minimum atomic E-state index is -4.67. The molecule has 2 nitrogen and oxygen atoms in total. The summed E-state index contributed by atoms with van der Waals surface area (Å²) in [5, 5.41) is 19.7. The van der Waals surface area contributed by atoms with Gasteiger partial charge >= 0.3 is 6.18 Å². The molecule has 64 heavy (non-hydrogen) atoms. The van der Waals surface area contributed by atoms with Crippen molar-refractivity contribution in [1.29, 1.82) is 10.5 Å². The van der Waals surface area contributed by atoms with E-state index in [2.05, 4.69) is 5.92 Å². The van der Waals surface area contributed by atoms with E-state index in [9.17, 15) is 41.3 Å². The zero-order valence-corrected chi connectivity index (χ0v) is 39.7. The van der Waals surface area contributed by atoms with Crippen LogP contribution in [0.4, 0.5) is 35.1 Å². The number of allylic oxidation sites excluding steroid dienone is 12. The molecule has 0 N–H and O–H groups in total. The minimum Gasteiger partial charge on any atom is -0.211 e. The van der Waals surface area contributed by atoms with Gasteiger partial charge in [-0.05, 0) is 118 Å². The monoisotopic (exact) mass is 968 g/mol. The molecular formula is C49H40F8N2S5. The number of nitrogens with zero attached hydrogens (tertiary/aromatic N) is 2. The van der Waals surface area contributed by atoms with E-state index in [1.54, 1.807) is 61.5 Å². The average molecular weight is 969 g/mol. The molecule has 0 aliphatic heterocycles. The number of nitriles is 2. The summed E-state index contributed by atoms with van der Waals surface area (Å²) in [6.45, 7) is 10.4. The maximum atomic E-state index is 15.4. The van der Waals surface area contributed by atoms with Gasteiger partial charge in [0, 0.05) is 50.3 Å². The highest BCUT2D eigenvalue weighted by Crippen LogP contribution is 2.51. The Morgan fingerprint density at radius 2 is 1.08 bits per heavy atom. The van der Waals surface area contributed by atoms with Gasteiger partial charge < -0.3 is 0 Å². The molecule has 0 atom stereocenters. The van der Waals surface area contributed by atoms with E-state index in [1.165, 1.54) is 68.6 Å². The van der Waals surface area contributed by atoms with Crippen molar-refractivity contribution in [3.8, 4) is 63.5 Å². The van der Waals surface area contributed by atoms with E-state index < -0.39 is 52.0 Å². The molecule has 0 aliphatic carbocycles. The lowest BCUT2D eigenvalue weighted by Gasteiger charge is -2.08. The number of rotatable bonds is 13. The quantitative estimate of drug-likeness (QED) is 0.0511. The van der Waals surface area contributed by atoms with Crippen LogP contribution in [-0.4, -0.2) is 0 Å². The number of halogens is 8. The van der Waals surface area contributed by atoms with Gasteiger partial charge in [0.05, 0.1) is 32.7 Å². The molecule has 0 aliphatic rings. The zero-order valence-electron chi connectivity index (χ0n) is 35.6. The van der Waals surface area contributed by atoms with Crippen LogP contribution in [0.5, 0.6) is 0 Å². The van der Waals surface area contributed by atoms with E-state index in [1.807, 2.05) is 13.0 Å². The fraction of sp³-hybridized carbons (Fsp3) is 0.224. The Balaban J connectivity index is 0.00000215. The van der Waals surface area contributed by atoms with Crippen molar-refractivity contribution in [1.82, 2.24) is 0 Å². The summed E-state index contributed by atoms with van der Waals surface area (Å²) in [6.07, 6.45) is 5.43. The summed E-state index contributed by atoms with van der Waals surface area (Å²) in [6, 6.07) is 18.4. The lowest BCUT2D eigenvalue weighted by atomic mass is 10.00. The van der Waals surface area contributed by atoms with Crippen molar-refractivity contribution in [3.63, 3.8) is 0 Å². The second-order valence-electron chi connectivity index (χ2n) is 13.8. The molecule has 5 aromatic heterocycles. The largest absolute Gasteiger partial charge is 0.417 e. The van der Waals surface area contributed by atoms with E-state index in [0.717, 1.165) is 63.2 Å². The van der Waals surface area contributed by atoms with E-state index in [0.29, 0.717) is 40.6 Å². The third-order valence-corrected chi connectivity index (χ3v) is 15.0. The molecule has 0 aromatic carbocycles. The first-order valence-electron chi connectivity index (χ1n) is 19.4. The summed E-state index contributed by atoms with van der Waals surface area (Å²) in [7, 11) is 0. The molecule has 0 radical (unpaired) electrons. The van der Waals surface area contributed by atoms with Crippen molar-refractivity contribution >= 4 is 68.8 Å². The van der Waals surface area contributed by atoms with Gasteiger partial charge in [0.15, 0.2) is 5.83 Å². The van der Waals surface area contributed by atoms with Crippen molar-refractivity contribution in [2.45, 2.75) is 73.9 Å². The van der Waals surface area contributed by atoms with Gasteiger partial charge in [-0.15, -0.1) is 69.0 Å². The Kier molecular flexibility index (Phi) is 18.5. The maximum absolute atomic E-state index is 15.4. The van der Waals surface area contributed by atoms with Gasteiger partial charge in [-0.3, -0.25) is 0 Å². The smallest absolute Gasteiger partial charge is 0.211 e. The van der Waals surface area contributed by atoms with Crippen LogP contribution in [0.25, 0.3) is 51.2 Å². The van der Waals surface area contributed by atoms with Crippen LogP contribution in [0.1, 0.15) is 83.0 Å². The molecule has 0 unspecified atom stereocenters. The minimum absolute atomic E-state index is 0.0242. The second kappa shape index (κ2) is 23.0. The Labute approximate surface area is 388 Å². The van der Waals surface area contributed by atoms with Crippen LogP contribution in [0.3, 0.4) is 0 Å². The first kappa shape index (κ1) is 51.3. The summed E-state index contributed by atoms with van der Waals surface area (Å²) in [4.78, 5) is 5.10. The van der Waals surface area contributed by atoms with Crippen molar-refractivity contribution < 1.29 is 35.1 Å². The Morgan fingerprint density at radius 3 is 1.52 bits per heavy atom. The molecule has 332 valence electrons. The number of hydrogen-bond acceptors (Lipinski definition) is 7. The van der Waals surface area contributed by atoms with Crippen LogP contribution < -0.4 is 0 Å². The lowest BCUT2D eigenvalue weighted by Crippen LogP contribution is -2.04. The third kappa shape index (κ3) is 12.5. The summed E-state index contributed by atoms with van der Waals surface area (Å²) >= 11 is 5.82. The highest BCUT2D eigenvalue weighted by molar-refractivity contribution is 7.30. The van der Waals surface area contributed by atoms with Crippen LogP contribution in [0.2, 0.25) is 0 Å². The molecule has 0 bridgehead atoms.